The Balaban J connectivity index is 1.07. The van der Waals surface area contributed by atoms with Gasteiger partial charge in [0, 0.05) is 38.2 Å². The van der Waals surface area contributed by atoms with Crippen molar-refractivity contribution in [1.82, 2.24) is 19.1 Å². The molecule has 0 radical (unpaired) electrons. The van der Waals surface area contributed by atoms with E-state index in [1.807, 2.05) is 12.1 Å². The molecule has 0 spiro atoms. The van der Waals surface area contributed by atoms with Gasteiger partial charge >= 0.3 is 0 Å². The van der Waals surface area contributed by atoms with E-state index in [1.165, 1.54) is 54.5 Å². The van der Waals surface area contributed by atoms with Gasteiger partial charge in [0.1, 0.15) is 0 Å². The molecule has 3 heterocycles. The number of fused-ring (bicyclic) bond motifs is 9. The number of aromatic nitrogens is 4. The number of hydrogen-bond acceptors (Lipinski definition) is 2. The molecular weight excluding hydrogens is 705 g/mol. The summed E-state index contributed by atoms with van der Waals surface area (Å²) in [5.41, 5.74) is 13.3. The van der Waals surface area contributed by atoms with Crippen LogP contribution in [0.1, 0.15) is 0 Å². The summed E-state index contributed by atoms with van der Waals surface area (Å²) in [5, 5.41) is 8.39. The van der Waals surface area contributed by atoms with Crippen LogP contribution in [-0.4, -0.2) is 19.1 Å². The first-order valence-corrected chi connectivity index (χ1v) is 19.8. The summed E-state index contributed by atoms with van der Waals surface area (Å²) in [5.74, 6) is 0.656. The lowest BCUT2D eigenvalue weighted by Gasteiger charge is -2.14. The van der Waals surface area contributed by atoms with Crippen LogP contribution in [0.2, 0.25) is 0 Å². The normalized spacial score (nSPS) is 11.8. The molecule has 4 heteroatoms. The Morgan fingerprint density at radius 3 is 1.71 bits per heavy atom. The van der Waals surface area contributed by atoms with Crippen LogP contribution in [-0.2, 0) is 0 Å². The third kappa shape index (κ3) is 4.95. The molecule has 0 saturated heterocycles. The molecule has 270 valence electrons. The van der Waals surface area contributed by atoms with Crippen LogP contribution < -0.4 is 0 Å². The van der Waals surface area contributed by atoms with Gasteiger partial charge in [-0.3, -0.25) is 4.57 Å². The fourth-order valence-corrected chi connectivity index (χ4v) is 9.14. The Kier molecular flexibility index (Phi) is 7.20. The molecule has 4 nitrogen and oxygen atoms in total. The van der Waals surface area contributed by atoms with Crippen molar-refractivity contribution in [2.75, 3.05) is 0 Å². The van der Waals surface area contributed by atoms with Crippen LogP contribution in [0.3, 0.4) is 0 Å². The fraction of sp³-hybridized carbons (Fsp3) is 0. The van der Waals surface area contributed by atoms with Crippen LogP contribution in [0.15, 0.2) is 206 Å². The van der Waals surface area contributed by atoms with E-state index >= 15 is 0 Å². The Morgan fingerprint density at radius 2 is 0.897 bits per heavy atom. The zero-order valence-corrected chi connectivity index (χ0v) is 31.4. The Labute approximate surface area is 334 Å². The highest BCUT2D eigenvalue weighted by atomic mass is 15.2. The lowest BCUT2D eigenvalue weighted by Crippen LogP contribution is -2.03. The van der Waals surface area contributed by atoms with Crippen LogP contribution in [0, 0.1) is 0 Å². The second-order valence-electron chi connectivity index (χ2n) is 15.0. The summed E-state index contributed by atoms with van der Waals surface area (Å²) >= 11 is 0. The molecule has 0 N–H and O–H groups in total. The lowest BCUT2D eigenvalue weighted by atomic mass is 9.93. The first-order chi connectivity index (χ1) is 28.8. The monoisotopic (exact) mass is 738 g/mol. The minimum atomic E-state index is 0.656. The first-order valence-electron chi connectivity index (χ1n) is 19.8. The number of nitrogens with zero attached hydrogens (tertiary/aromatic N) is 4. The smallest absolute Gasteiger partial charge is 0.235 e. The maximum absolute atomic E-state index is 5.32. The van der Waals surface area contributed by atoms with E-state index < -0.39 is 0 Å². The molecule has 0 fully saturated rings. The number of benzene rings is 9. The third-order valence-corrected chi connectivity index (χ3v) is 11.7. The molecule has 0 aliphatic carbocycles. The molecule has 0 aliphatic rings. The van der Waals surface area contributed by atoms with Crippen LogP contribution in [0.4, 0.5) is 0 Å². The quantitative estimate of drug-likeness (QED) is 0.176. The molecule has 9 aromatic carbocycles. The van der Waals surface area contributed by atoms with Crippen molar-refractivity contribution in [1.29, 1.82) is 0 Å². The summed E-state index contributed by atoms with van der Waals surface area (Å²) in [6.45, 7) is 0. The number of hydrogen-bond donors (Lipinski definition) is 0. The van der Waals surface area contributed by atoms with Gasteiger partial charge in [0.25, 0.3) is 0 Å². The number of para-hydroxylation sites is 4. The topological polar surface area (TPSA) is 35.6 Å². The molecule has 12 aromatic rings. The van der Waals surface area contributed by atoms with Crippen molar-refractivity contribution < 1.29 is 0 Å². The second kappa shape index (κ2) is 12.9. The van der Waals surface area contributed by atoms with Gasteiger partial charge < -0.3 is 4.57 Å². The Morgan fingerprint density at radius 1 is 0.310 bits per heavy atom. The summed E-state index contributed by atoms with van der Waals surface area (Å²) < 4.78 is 4.65. The summed E-state index contributed by atoms with van der Waals surface area (Å²) in [7, 11) is 0. The van der Waals surface area contributed by atoms with E-state index in [9.17, 15) is 0 Å². The van der Waals surface area contributed by atoms with Crippen molar-refractivity contribution in [2.45, 2.75) is 0 Å². The van der Waals surface area contributed by atoms with Gasteiger partial charge in [-0.25, -0.2) is 9.97 Å². The molecule has 12 rings (SSSR count). The van der Waals surface area contributed by atoms with E-state index in [4.69, 9.17) is 9.97 Å². The maximum Gasteiger partial charge on any atom is 0.235 e. The largest absolute Gasteiger partial charge is 0.309 e. The van der Waals surface area contributed by atoms with E-state index in [2.05, 4.69) is 203 Å². The minimum absolute atomic E-state index is 0.656. The molecular formula is C54H34N4. The van der Waals surface area contributed by atoms with Crippen molar-refractivity contribution in [3.63, 3.8) is 0 Å². The molecule has 0 bridgehead atoms. The van der Waals surface area contributed by atoms with Crippen molar-refractivity contribution in [2.24, 2.45) is 0 Å². The predicted octanol–water partition coefficient (Wildman–Crippen LogP) is 14.0. The number of rotatable bonds is 5. The van der Waals surface area contributed by atoms with E-state index in [1.54, 1.807) is 0 Å². The zero-order valence-electron chi connectivity index (χ0n) is 31.4. The van der Waals surface area contributed by atoms with E-state index in [0.29, 0.717) is 5.95 Å². The fourth-order valence-electron chi connectivity index (χ4n) is 9.14. The predicted molar refractivity (Wildman–Crippen MR) is 242 cm³/mol. The second-order valence-corrected chi connectivity index (χ2v) is 15.0. The molecule has 0 aliphatic heterocycles. The molecule has 0 saturated carbocycles. The van der Waals surface area contributed by atoms with Crippen molar-refractivity contribution >= 4 is 65.3 Å². The van der Waals surface area contributed by atoms with E-state index in [0.717, 1.165) is 50.0 Å². The summed E-state index contributed by atoms with van der Waals surface area (Å²) in [4.78, 5) is 10.5. The average molecular weight is 739 g/mol. The summed E-state index contributed by atoms with van der Waals surface area (Å²) in [6.07, 6.45) is 0. The maximum atomic E-state index is 5.32. The van der Waals surface area contributed by atoms with Gasteiger partial charge in [-0.05, 0) is 81.6 Å². The first kappa shape index (κ1) is 32.4. The van der Waals surface area contributed by atoms with Gasteiger partial charge in [0.15, 0.2) is 0 Å². The van der Waals surface area contributed by atoms with Crippen LogP contribution in [0.25, 0.3) is 110 Å². The lowest BCUT2D eigenvalue weighted by molar-refractivity contribution is 1.01. The van der Waals surface area contributed by atoms with Gasteiger partial charge in [-0.15, -0.1) is 0 Å². The van der Waals surface area contributed by atoms with Crippen LogP contribution in [0.5, 0.6) is 0 Å². The van der Waals surface area contributed by atoms with Crippen LogP contribution >= 0.6 is 0 Å². The highest BCUT2D eigenvalue weighted by molar-refractivity contribution is 6.24. The standard InChI is InChI=1S/C54H34N4/c1-3-16-35(17-4-1)53-44-25-9-12-27-47(44)55-54(56-53)58-48-28-13-10-23-41(48)42-31-30-37(33-50(42)58)36-18-15-19-38(32-36)46-34-51-52(43-24-8-7-22-40(43)46)45-26-11-14-29-49(45)57(51)39-20-5-2-6-21-39/h1-34H. The zero-order chi connectivity index (χ0) is 38.2. The van der Waals surface area contributed by atoms with Gasteiger partial charge in [-0.1, -0.05) is 158 Å². The van der Waals surface area contributed by atoms with Gasteiger partial charge in [0.2, 0.25) is 5.95 Å². The van der Waals surface area contributed by atoms with Gasteiger partial charge in [0.05, 0.1) is 33.3 Å². The molecule has 3 aromatic heterocycles. The molecule has 0 unspecified atom stereocenters. The average Bonchev–Trinajstić information content (AvgIpc) is 3.81. The highest BCUT2D eigenvalue weighted by Crippen LogP contribution is 2.43. The SMILES string of the molecule is c1ccc(-c2nc(-n3c4ccccc4c4ccc(-c5cccc(-c6cc7c(c8ccccc68)c6ccccc6n7-c6ccccc6)c5)cc43)nc3ccccc23)cc1. The molecule has 58 heavy (non-hydrogen) atoms. The minimum Gasteiger partial charge on any atom is -0.309 e. The van der Waals surface area contributed by atoms with Gasteiger partial charge in [-0.2, -0.15) is 0 Å². The van der Waals surface area contributed by atoms with Crippen molar-refractivity contribution in [3.8, 4) is 45.1 Å². The van der Waals surface area contributed by atoms with Crippen molar-refractivity contribution in [3.05, 3.63) is 206 Å². The van der Waals surface area contributed by atoms with E-state index in [-0.39, 0.29) is 0 Å². The Hall–Kier alpha value is -7.82. The Bertz CT molecular complexity index is 3560. The highest BCUT2D eigenvalue weighted by Gasteiger charge is 2.20. The summed E-state index contributed by atoms with van der Waals surface area (Å²) in [6, 6.07) is 73.9. The molecule has 0 amide bonds. The third-order valence-electron chi connectivity index (χ3n) is 11.7. The molecule has 0 atom stereocenters.